The maximum absolute atomic E-state index is 6.12. The van der Waals surface area contributed by atoms with Crippen molar-refractivity contribution in [2.75, 3.05) is 12.3 Å². The van der Waals surface area contributed by atoms with Crippen molar-refractivity contribution in [2.45, 2.75) is 6.54 Å². The van der Waals surface area contributed by atoms with Gasteiger partial charge >= 0.3 is 0 Å². The van der Waals surface area contributed by atoms with Crippen LogP contribution in [0.4, 0.5) is 5.69 Å². The lowest BCUT2D eigenvalue weighted by atomic mass is 10.2. The van der Waals surface area contributed by atoms with E-state index in [1.165, 1.54) is 0 Å². The zero-order chi connectivity index (χ0) is 15.0. The Labute approximate surface area is 132 Å². The van der Waals surface area contributed by atoms with Gasteiger partial charge in [0.2, 0.25) is 0 Å². The zero-order valence-electron chi connectivity index (χ0n) is 11.2. The zero-order valence-corrected chi connectivity index (χ0v) is 12.7. The standard InChI is InChI=1S/C15H14Cl2N4/c16-11-7-13-14(8-12(11)17)21(6-5-18)15(20-13)9-1-3-10(19)4-2-9/h1-4,7-8H,5-6,18-19H2. The van der Waals surface area contributed by atoms with E-state index in [0.29, 0.717) is 28.8 Å². The van der Waals surface area contributed by atoms with Gasteiger partial charge < -0.3 is 16.0 Å². The predicted octanol–water partition coefficient (Wildman–Crippen LogP) is 3.55. The van der Waals surface area contributed by atoms with Crippen LogP contribution in [-0.4, -0.2) is 16.1 Å². The van der Waals surface area contributed by atoms with E-state index in [0.717, 1.165) is 22.4 Å². The second kappa shape index (κ2) is 5.56. The summed E-state index contributed by atoms with van der Waals surface area (Å²) in [5.41, 5.74) is 14.9. The van der Waals surface area contributed by atoms with Gasteiger partial charge in [0.1, 0.15) is 5.82 Å². The molecule has 2 aromatic carbocycles. The summed E-state index contributed by atoms with van der Waals surface area (Å²) in [7, 11) is 0. The summed E-state index contributed by atoms with van der Waals surface area (Å²) >= 11 is 12.2. The highest BCUT2D eigenvalue weighted by atomic mass is 35.5. The lowest BCUT2D eigenvalue weighted by Gasteiger charge is -2.08. The average Bonchev–Trinajstić information content (AvgIpc) is 2.79. The normalized spacial score (nSPS) is 11.2. The monoisotopic (exact) mass is 320 g/mol. The molecule has 6 heteroatoms. The third-order valence-electron chi connectivity index (χ3n) is 3.31. The molecule has 4 N–H and O–H groups in total. The summed E-state index contributed by atoms with van der Waals surface area (Å²) in [4.78, 5) is 4.66. The van der Waals surface area contributed by atoms with Crippen LogP contribution in [0.3, 0.4) is 0 Å². The fourth-order valence-corrected chi connectivity index (χ4v) is 2.64. The number of fused-ring (bicyclic) bond motifs is 1. The van der Waals surface area contributed by atoms with Gasteiger partial charge in [-0.2, -0.15) is 0 Å². The highest BCUT2D eigenvalue weighted by Gasteiger charge is 2.14. The van der Waals surface area contributed by atoms with E-state index in [-0.39, 0.29) is 0 Å². The molecule has 0 bridgehead atoms. The summed E-state index contributed by atoms with van der Waals surface area (Å²) in [5.74, 6) is 0.828. The maximum atomic E-state index is 6.12. The minimum Gasteiger partial charge on any atom is -0.399 e. The van der Waals surface area contributed by atoms with Crippen molar-refractivity contribution in [3.63, 3.8) is 0 Å². The molecular weight excluding hydrogens is 307 g/mol. The summed E-state index contributed by atoms with van der Waals surface area (Å²) in [5, 5.41) is 0.997. The van der Waals surface area contributed by atoms with Crippen molar-refractivity contribution < 1.29 is 0 Å². The minimum atomic E-state index is 0.491. The SMILES string of the molecule is NCCn1c(-c2ccc(N)cc2)nc2cc(Cl)c(Cl)cc21. The van der Waals surface area contributed by atoms with E-state index in [4.69, 9.17) is 34.7 Å². The van der Waals surface area contributed by atoms with E-state index < -0.39 is 0 Å². The molecule has 0 aliphatic heterocycles. The van der Waals surface area contributed by atoms with Crippen LogP contribution < -0.4 is 11.5 Å². The van der Waals surface area contributed by atoms with Gasteiger partial charge in [0.15, 0.2) is 0 Å². The van der Waals surface area contributed by atoms with Crippen LogP contribution in [-0.2, 0) is 6.54 Å². The average molecular weight is 321 g/mol. The largest absolute Gasteiger partial charge is 0.399 e. The van der Waals surface area contributed by atoms with Crippen molar-refractivity contribution in [1.82, 2.24) is 9.55 Å². The highest BCUT2D eigenvalue weighted by Crippen LogP contribution is 2.31. The van der Waals surface area contributed by atoms with E-state index in [9.17, 15) is 0 Å². The number of nitrogen functional groups attached to an aromatic ring is 1. The lowest BCUT2D eigenvalue weighted by Crippen LogP contribution is -2.10. The summed E-state index contributed by atoms with van der Waals surface area (Å²) in [6.07, 6.45) is 0. The Morgan fingerprint density at radius 3 is 2.38 bits per heavy atom. The van der Waals surface area contributed by atoms with E-state index in [1.807, 2.05) is 34.9 Å². The number of nitrogens with zero attached hydrogens (tertiary/aromatic N) is 2. The van der Waals surface area contributed by atoms with Gasteiger partial charge in [-0.25, -0.2) is 4.98 Å². The quantitative estimate of drug-likeness (QED) is 0.725. The Balaban J connectivity index is 2.25. The minimum absolute atomic E-state index is 0.491. The fraction of sp³-hybridized carbons (Fsp3) is 0.133. The molecule has 0 fully saturated rings. The maximum Gasteiger partial charge on any atom is 0.141 e. The van der Waals surface area contributed by atoms with Crippen LogP contribution in [0.25, 0.3) is 22.4 Å². The third kappa shape index (κ3) is 2.58. The molecule has 0 saturated heterocycles. The number of hydrogen-bond donors (Lipinski definition) is 2. The molecular formula is C15H14Cl2N4. The van der Waals surface area contributed by atoms with Crippen molar-refractivity contribution >= 4 is 39.9 Å². The highest BCUT2D eigenvalue weighted by molar-refractivity contribution is 6.42. The Morgan fingerprint density at radius 2 is 1.71 bits per heavy atom. The number of rotatable bonds is 3. The molecule has 0 aliphatic carbocycles. The van der Waals surface area contributed by atoms with Crippen LogP contribution >= 0.6 is 23.2 Å². The number of anilines is 1. The second-order valence-electron chi connectivity index (χ2n) is 4.75. The van der Waals surface area contributed by atoms with E-state index in [1.54, 1.807) is 6.07 Å². The molecule has 3 aromatic rings. The third-order valence-corrected chi connectivity index (χ3v) is 4.03. The summed E-state index contributed by atoms with van der Waals surface area (Å²) < 4.78 is 2.04. The first-order valence-electron chi connectivity index (χ1n) is 6.51. The molecule has 0 atom stereocenters. The number of imidazole rings is 1. The molecule has 0 unspecified atom stereocenters. The van der Waals surface area contributed by atoms with Gasteiger partial charge in [-0.3, -0.25) is 0 Å². The van der Waals surface area contributed by atoms with Gasteiger partial charge in [0, 0.05) is 24.3 Å². The Kier molecular flexibility index (Phi) is 3.76. The van der Waals surface area contributed by atoms with Crippen LogP contribution in [0.2, 0.25) is 10.0 Å². The topological polar surface area (TPSA) is 69.9 Å². The number of aromatic nitrogens is 2. The Hall–Kier alpha value is -1.75. The molecule has 0 saturated carbocycles. The van der Waals surface area contributed by atoms with Crippen molar-refractivity contribution in [3.05, 3.63) is 46.4 Å². The van der Waals surface area contributed by atoms with E-state index >= 15 is 0 Å². The number of hydrogen-bond acceptors (Lipinski definition) is 3. The molecule has 108 valence electrons. The molecule has 4 nitrogen and oxygen atoms in total. The number of benzene rings is 2. The molecule has 3 rings (SSSR count). The lowest BCUT2D eigenvalue weighted by molar-refractivity contribution is 0.735. The van der Waals surface area contributed by atoms with Crippen molar-refractivity contribution in [3.8, 4) is 11.4 Å². The smallest absolute Gasteiger partial charge is 0.141 e. The molecule has 0 radical (unpaired) electrons. The first kappa shape index (κ1) is 14.2. The first-order chi connectivity index (χ1) is 10.1. The van der Waals surface area contributed by atoms with Crippen LogP contribution in [0.15, 0.2) is 36.4 Å². The second-order valence-corrected chi connectivity index (χ2v) is 5.57. The van der Waals surface area contributed by atoms with Gasteiger partial charge in [0.05, 0.1) is 21.1 Å². The molecule has 1 aromatic heterocycles. The molecule has 1 heterocycles. The van der Waals surface area contributed by atoms with E-state index in [2.05, 4.69) is 4.98 Å². The van der Waals surface area contributed by atoms with Gasteiger partial charge in [-0.1, -0.05) is 23.2 Å². The van der Waals surface area contributed by atoms with Gasteiger partial charge in [0.25, 0.3) is 0 Å². The first-order valence-corrected chi connectivity index (χ1v) is 7.27. The van der Waals surface area contributed by atoms with Crippen molar-refractivity contribution in [2.24, 2.45) is 5.73 Å². The number of halogens is 2. The Bertz CT molecular complexity index is 794. The molecule has 21 heavy (non-hydrogen) atoms. The van der Waals surface area contributed by atoms with Crippen molar-refractivity contribution in [1.29, 1.82) is 0 Å². The summed E-state index contributed by atoms with van der Waals surface area (Å²) in [6.45, 7) is 1.15. The predicted molar refractivity (Wildman–Crippen MR) is 88.7 cm³/mol. The molecule has 0 amide bonds. The van der Waals surface area contributed by atoms with Crippen LogP contribution in [0.1, 0.15) is 0 Å². The summed E-state index contributed by atoms with van der Waals surface area (Å²) in [6, 6.07) is 11.2. The Morgan fingerprint density at radius 1 is 1.05 bits per heavy atom. The van der Waals surface area contributed by atoms with Crippen LogP contribution in [0.5, 0.6) is 0 Å². The fourth-order valence-electron chi connectivity index (χ4n) is 2.33. The number of nitrogens with two attached hydrogens (primary N) is 2. The molecule has 0 spiro atoms. The van der Waals surface area contributed by atoms with Gasteiger partial charge in [-0.15, -0.1) is 0 Å². The van der Waals surface area contributed by atoms with Crippen LogP contribution in [0, 0.1) is 0 Å². The van der Waals surface area contributed by atoms with Gasteiger partial charge in [-0.05, 0) is 36.4 Å². The molecule has 0 aliphatic rings.